The molecular weight excluding hydrogens is 676 g/mol. The molecule has 0 radical (unpaired) electrons. The molecule has 2 fully saturated rings. The minimum Gasteiger partial charge on any atom is -0.478 e. The van der Waals surface area contributed by atoms with Crippen molar-refractivity contribution in [3.63, 3.8) is 0 Å². The molecule has 5 rings (SSSR count). The van der Waals surface area contributed by atoms with Crippen LogP contribution in [-0.2, 0) is 19.8 Å². The number of aromatic carboxylic acids is 1. The van der Waals surface area contributed by atoms with E-state index in [-0.39, 0.29) is 28.5 Å². The Morgan fingerprint density at radius 2 is 1.76 bits per heavy atom. The van der Waals surface area contributed by atoms with Gasteiger partial charge in [0, 0.05) is 23.5 Å². The molecule has 1 aromatic heterocycles. The summed E-state index contributed by atoms with van der Waals surface area (Å²) in [5, 5.41) is 16.0. The SMILES string of the molecule is CC(C)(C)C[C@]1(c2ccc(-c3cnccn3)cc2)NC(=NC(=O)OC(C)(C)C)N(C(COC(=O)NC2(C)CC2)c2ccc(Cl)c(C(=O)O)c2)C1=O. The van der Waals surface area contributed by atoms with Crippen LogP contribution in [0.5, 0.6) is 0 Å². The Bertz CT molecular complexity index is 1850. The van der Waals surface area contributed by atoms with Gasteiger partial charge in [-0.3, -0.25) is 19.7 Å². The topological polar surface area (TPSA) is 172 Å². The van der Waals surface area contributed by atoms with Crippen molar-refractivity contribution in [2.45, 2.75) is 90.4 Å². The van der Waals surface area contributed by atoms with E-state index in [4.69, 9.17) is 21.1 Å². The number of hydrogen-bond donors (Lipinski definition) is 3. The van der Waals surface area contributed by atoms with E-state index >= 15 is 4.79 Å². The molecule has 1 saturated carbocycles. The summed E-state index contributed by atoms with van der Waals surface area (Å²) in [6.07, 6.45) is 4.94. The first-order chi connectivity index (χ1) is 23.8. The smallest absolute Gasteiger partial charge is 0.437 e. The van der Waals surface area contributed by atoms with Gasteiger partial charge in [0.25, 0.3) is 5.91 Å². The van der Waals surface area contributed by atoms with Crippen molar-refractivity contribution in [1.82, 2.24) is 25.5 Å². The number of ether oxygens (including phenoxy) is 2. The molecule has 3 amide bonds. The fraction of sp³-hybridized carbons (Fsp3) is 0.432. The Morgan fingerprint density at radius 3 is 2.33 bits per heavy atom. The molecule has 0 bridgehead atoms. The van der Waals surface area contributed by atoms with Gasteiger partial charge in [-0.2, -0.15) is 0 Å². The molecule has 2 aromatic carbocycles. The summed E-state index contributed by atoms with van der Waals surface area (Å²) in [6, 6.07) is 10.4. The van der Waals surface area contributed by atoms with E-state index in [1.54, 1.807) is 57.6 Å². The van der Waals surface area contributed by atoms with Gasteiger partial charge in [-0.25, -0.2) is 14.4 Å². The molecule has 1 aliphatic heterocycles. The molecule has 2 atom stereocenters. The summed E-state index contributed by atoms with van der Waals surface area (Å²) >= 11 is 6.24. The fourth-order valence-electron chi connectivity index (χ4n) is 5.92. The van der Waals surface area contributed by atoms with Crippen molar-refractivity contribution in [2.75, 3.05) is 6.61 Å². The fourth-order valence-corrected chi connectivity index (χ4v) is 6.12. The van der Waals surface area contributed by atoms with Gasteiger partial charge in [0.1, 0.15) is 17.7 Å². The Morgan fingerprint density at radius 1 is 1.08 bits per heavy atom. The van der Waals surface area contributed by atoms with Crippen LogP contribution in [0.15, 0.2) is 66.0 Å². The predicted octanol–water partition coefficient (Wildman–Crippen LogP) is 6.87. The number of aromatic nitrogens is 2. The van der Waals surface area contributed by atoms with Crippen LogP contribution in [0.25, 0.3) is 11.3 Å². The first-order valence-electron chi connectivity index (χ1n) is 16.6. The number of nitrogens with zero attached hydrogens (tertiary/aromatic N) is 4. The summed E-state index contributed by atoms with van der Waals surface area (Å²) in [5.41, 5.74) is -1.20. The van der Waals surface area contributed by atoms with Gasteiger partial charge < -0.3 is 25.2 Å². The molecule has 3 aromatic rings. The standard InChI is InChI=1S/C37H43ClN6O7/c1-34(2,3)21-37(24-11-8-22(9-12-24)27-19-39-16-17-40-27)30(47)44(31(42-37)41-32(48)51-35(4,5)6)28(20-50-33(49)43-36(7)14-15-36)23-10-13-26(38)25(18-23)29(45)46/h8-13,16-19,28H,14-15,20-21H2,1-7H3,(H,43,49)(H,45,46)(H,41,42,48)/t28?,37-/m1/s1. The van der Waals surface area contributed by atoms with Crippen LogP contribution in [0.1, 0.15) is 95.3 Å². The van der Waals surface area contributed by atoms with Gasteiger partial charge in [-0.1, -0.05) is 62.7 Å². The zero-order valence-corrected chi connectivity index (χ0v) is 30.5. The number of amides is 3. The van der Waals surface area contributed by atoms with Gasteiger partial charge in [0.15, 0.2) is 0 Å². The molecule has 1 aliphatic carbocycles. The average molecular weight is 719 g/mol. The second kappa shape index (κ2) is 13.9. The van der Waals surface area contributed by atoms with Crippen LogP contribution < -0.4 is 10.6 Å². The number of carbonyl (C=O) groups is 4. The number of aliphatic imine (C=N–C) groups is 1. The molecular formula is C37H43ClN6O7. The maximum absolute atomic E-state index is 15.2. The van der Waals surface area contributed by atoms with E-state index in [0.29, 0.717) is 11.3 Å². The number of benzene rings is 2. The monoisotopic (exact) mass is 718 g/mol. The highest BCUT2D eigenvalue weighted by Gasteiger charge is 2.55. The van der Waals surface area contributed by atoms with E-state index in [9.17, 15) is 19.5 Å². The van der Waals surface area contributed by atoms with Crippen LogP contribution in [0.2, 0.25) is 5.02 Å². The Hall–Kier alpha value is -5.04. The first kappa shape index (κ1) is 37.2. The summed E-state index contributed by atoms with van der Waals surface area (Å²) in [7, 11) is 0. The largest absolute Gasteiger partial charge is 0.478 e. The number of carboxylic acid groups (broad SMARTS) is 1. The van der Waals surface area contributed by atoms with Crippen LogP contribution in [0.4, 0.5) is 9.59 Å². The van der Waals surface area contributed by atoms with Gasteiger partial charge in [0.05, 0.1) is 28.5 Å². The van der Waals surface area contributed by atoms with E-state index in [1.165, 1.54) is 17.0 Å². The summed E-state index contributed by atoms with van der Waals surface area (Å²) in [4.78, 5) is 67.7. The van der Waals surface area contributed by atoms with Crippen molar-refractivity contribution >= 4 is 41.6 Å². The highest BCUT2D eigenvalue weighted by molar-refractivity contribution is 6.33. The lowest BCUT2D eigenvalue weighted by atomic mass is 9.75. The quantitative estimate of drug-likeness (QED) is 0.212. The lowest BCUT2D eigenvalue weighted by Crippen LogP contribution is -2.47. The number of hydrogen-bond acceptors (Lipinski definition) is 8. The number of nitrogens with one attached hydrogen (secondary N) is 2. The highest BCUT2D eigenvalue weighted by atomic mass is 35.5. The van der Waals surface area contributed by atoms with Crippen molar-refractivity contribution < 1.29 is 33.8 Å². The van der Waals surface area contributed by atoms with Crippen LogP contribution in [0.3, 0.4) is 0 Å². The van der Waals surface area contributed by atoms with Gasteiger partial charge in [-0.05, 0) is 75.6 Å². The number of carbonyl (C=O) groups excluding carboxylic acids is 3. The molecule has 0 spiro atoms. The van der Waals surface area contributed by atoms with E-state index in [2.05, 4.69) is 25.6 Å². The summed E-state index contributed by atoms with van der Waals surface area (Å²) < 4.78 is 11.2. The van der Waals surface area contributed by atoms with Gasteiger partial charge >= 0.3 is 18.2 Å². The number of rotatable bonds is 9. The predicted molar refractivity (Wildman–Crippen MR) is 190 cm³/mol. The lowest BCUT2D eigenvalue weighted by molar-refractivity contribution is -0.134. The molecule has 51 heavy (non-hydrogen) atoms. The van der Waals surface area contributed by atoms with Gasteiger partial charge in [-0.15, -0.1) is 4.99 Å². The van der Waals surface area contributed by atoms with Crippen LogP contribution in [-0.4, -0.2) is 67.7 Å². The summed E-state index contributed by atoms with van der Waals surface area (Å²) in [5.74, 6) is -1.96. The van der Waals surface area contributed by atoms with Crippen LogP contribution in [0, 0.1) is 5.41 Å². The van der Waals surface area contributed by atoms with E-state index < -0.39 is 58.8 Å². The minimum absolute atomic E-state index is 0.0240. The molecule has 13 nitrogen and oxygen atoms in total. The average Bonchev–Trinajstić information content (AvgIpc) is 3.70. The van der Waals surface area contributed by atoms with Crippen molar-refractivity contribution in [3.05, 3.63) is 82.8 Å². The lowest BCUT2D eigenvalue weighted by Gasteiger charge is -2.35. The second-order valence-electron chi connectivity index (χ2n) is 15.4. The second-order valence-corrected chi connectivity index (χ2v) is 15.8. The third-order valence-corrected chi connectivity index (χ3v) is 8.78. The maximum Gasteiger partial charge on any atom is 0.437 e. The molecule has 1 unspecified atom stereocenters. The Labute approximate surface area is 301 Å². The van der Waals surface area contributed by atoms with E-state index in [0.717, 1.165) is 18.4 Å². The minimum atomic E-state index is -1.48. The molecule has 270 valence electrons. The third kappa shape index (κ3) is 8.83. The van der Waals surface area contributed by atoms with Crippen molar-refractivity contribution in [1.29, 1.82) is 0 Å². The third-order valence-electron chi connectivity index (χ3n) is 8.45. The molecule has 14 heteroatoms. The zero-order valence-electron chi connectivity index (χ0n) is 29.7. The molecule has 1 saturated heterocycles. The first-order valence-corrected chi connectivity index (χ1v) is 17.0. The molecule has 2 aliphatic rings. The number of guanidine groups is 1. The Balaban J connectivity index is 1.67. The maximum atomic E-state index is 15.2. The molecule has 3 N–H and O–H groups in total. The number of halogens is 1. The molecule has 2 heterocycles. The number of alkyl carbamates (subject to hydrolysis) is 1. The zero-order chi connectivity index (χ0) is 37.4. The van der Waals surface area contributed by atoms with Crippen molar-refractivity contribution in [3.8, 4) is 11.3 Å². The van der Waals surface area contributed by atoms with Crippen molar-refractivity contribution in [2.24, 2.45) is 10.4 Å². The Kier molecular flexibility index (Phi) is 10.2. The number of carboxylic acids is 1. The summed E-state index contributed by atoms with van der Waals surface area (Å²) in [6.45, 7) is 12.5. The van der Waals surface area contributed by atoms with Gasteiger partial charge in [0.2, 0.25) is 5.96 Å². The van der Waals surface area contributed by atoms with Crippen LogP contribution >= 0.6 is 11.6 Å². The van der Waals surface area contributed by atoms with E-state index in [1.807, 2.05) is 39.8 Å². The normalized spacial score (nSPS) is 19.6. The highest BCUT2D eigenvalue weighted by Crippen LogP contribution is 2.43.